The van der Waals surface area contributed by atoms with Crippen molar-refractivity contribution < 1.29 is 19.1 Å². The van der Waals surface area contributed by atoms with E-state index in [1.54, 1.807) is 12.1 Å². The molecule has 1 aromatic rings. The third-order valence-electron chi connectivity index (χ3n) is 4.18. The van der Waals surface area contributed by atoms with E-state index in [9.17, 15) is 9.59 Å². The third-order valence-corrected chi connectivity index (χ3v) is 4.18. The molecule has 2 heterocycles. The molecule has 0 spiro atoms. The van der Waals surface area contributed by atoms with Gasteiger partial charge in [-0.3, -0.25) is 4.79 Å². The summed E-state index contributed by atoms with van der Waals surface area (Å²) >= 11 is 0. The van der Waals surface area contributed by atoms with E-state index in [0.29, 0.717) is 11.3 Å². The number of hydrogen-bond donors (Lipinski definition) is 0. The minimum Gasteiger partial charge on any atom is -0.451 e. The van der Waals surface area contributed by atoms with Crippen molar-refractivity contribution in [1.82, 2.24) is 0 Å². The Morgan fingerprint density at radius 2 is 1.33 bits per heavy atom. The quantitative estimate of drug-likeness (QED) is 0.472. The van der Waals surface area contributed by atoms with E-state index in [4.69, 9.17) is 9.47 Å². The van der Waals surface area contributed by atoms with Crippen molar-refractivity contribution in [3.63, 3.8) is 0 Å². The fraction of sp³-hybridized carbons (Fsp3) is 0.462. The minimum atomic E-state index is -0.578. The zero-order chi connectivity index (χ0) is 24.1. The number of allylic oxidation sites excluding steroid dienone is 2. The highest BCUT2D eigenvalue weighted by atomic mass is 16.6. The summed E-state index contributed by atoms with van der Waals surface area (Å²) in [6, 6.07) is 7.50. The average Bonchev–Trinajstić information content (AvgIpc) is 3.14. The third kappa shape index (κ3) is 6.72. The van der Waals surface area contributed by atoms with Crippen molar-refractivity contribution >= 4 is 11.9 Å². The number of carbonyl (C=O) groups is 2. The molecule has 2 aliphatic rings. The van der Waals surface area contributed by atoms with Gasteiger partial charge in [0.2, 0.25) is 0 Å². The molecule has 4 heteroatoms. The maximum atomic E-state index is 11.3. The molecule has 0 fully saturated rings. The molecule has 0 aliphatic carbocycles. The molecule has 0 radical (unpaired) electrons. The number of carbonyl (C=O) groups excluding carboxylic acids is 2. The van der Waals surface area contributed by atoms with E-state index in [0.717, 1.165) is 11.1 Å². The van der Waals surface area contributed by atoms with Gasteiger partial charge in [-0.05, 0) is 39.8 Å². The molecule has 2 aliphatic heterocycles. The molecule has 168 valence electrons. The smallest absolute Gasteiger partial charge is 0.339 e. The zero-order valence-electron chi connectivity index (χ0n) is 20.5. The first-order chi connectivity index (χ1) is 14.1. The number of ether oxygens (including phenoxy) is 2. The van der Waals surface area contributed by atoms with Crippen molar-refractivity contribution in [2.45, 2.75) is 74.8 Å². The lowest BCUT2D eigenvalue weighted by molar-refractivity contribution is -0.143. The van der Waals surface area contributed by atoms with Crippen LogP contribution < -0.4 is 0 Å². The Balaban J connectivity index is 0. The number of cyclic esters (lactones) is 2. The molecule has 4 nitrogen and oxygen atoms in total. The SMILES string of the molecule is C=CC1=C(C=C)C(C)(C)C(=O)O1.CC.CC.CC.CC1(C)OC(=O)c2ccccc21. The Bertz CT molecular complexity index is 752. The monoisotopic (exact) mass is 416 g/mol. The highest BCUT2D eigenvalue weighted by molar-refractivity contribution is 5.94. The Kier molecular flexibility index (Phi) is 13.4. The first-order valence-electron chi connectivity index (χ1n) is 10.7. The van der Waals surface area contributed by atoms with Gasteiger partial charge >= 0.3 is 11.9 Å². The van der Waals surface area contributed by atoms with E-state index in [-0.39, 0.29) is 11.9 Å². The Labute approximate surface area is 183 Å². The van der Waals surface area contributed by atoms with Crippen LogP contribution in [0.3, 0.4) is 0 Å². The molecular weight excluding hydrogens is 376 g/mol. The lowest BCUT2D eigenvalue weighted by atomic mass is 9.85. The van der Waals surface area contributed by atoms with E-state index in [1.807, 2.05) is 87.4 Å². The topological polar surface area (TPSA) is 52.6 Å². The summed E-state index contributed by atoms with van der Waals surface area (Å²) in [4.78, 5) is 22.5. The second-order valence-electron chi connectivity index (χ2n) is 6.65. The second kappa shape index (κ2) is 13.6. The molecule has 0 unspecified atom stereocenters. The number of hydrogen-bond acceptors (Lipinski definition) is 4. The molecule has 0 saturated heterocycles. The van der Waals surface area contributed by atoms with Crippen molar-refractivity contribution in [3.8, 4) is 0 Å². The molecule has 0 amide bonds. The predicted octanol–water partition coefficient (Wildman–Crippen LogP) is 7.37. The van der Waals surface area contributed by atoms with E-state index < -0.39 is 11.0 Å². The fourth-order valence-electron chi connectivity index (χ4n) is 2.74. The van der Waals surface area contributed by atoms with Gasteiger partial charge in [0.05, 0.1) is 11.0 Å². The van der Waals surface area contributed by atoms with Crippen molar-refractivity contribution in [2.75, 3.05) is 0 Å². The largest absolute Gasteiger partial charge is 0.451 e. The van der Waals surface area contributed by atoms with Crippen molar-refractivity contribution in [1.29, 1.82) is 0 Å². The van der Waals surface area contributed by atoms with Gasteiger partial charge in [0.15, 0.2) is 0 Å². The van der Waals surface area contributed by atoms with Crippen LogP contribution in [0.5, 0.6) is 0 Å². The Hall–Kier alpha value is -2.62. The minimum absolute atomic E-state index is 0.212. The van der Waals surface area contributed by atoms with Gasteiger partial charge in [-0.1, -0.05) is 79.0 Å². The van der Waals surface area contributed by atoms with E-state index in [2.05, 4.69) is 13.2 Å². The highest BCUT2D eigenvalue weighted by Gasteiger charge is 2.40. The molecular formula is C26H40O4. The highest BCUT2D eigenvalue weighted by Crippen LogP contribution is 2.38. The lowest BCUT2D eigenvalue weighted by Gasteiger charge is -2.16. The molecule has 0 atom stereocenters. The predicted molar refractivity (Wildman–Crippen MR) is 126 cm³/mol. The van der Waals surface area contributed by atoms with Gasteiger partial charge in [-0.15, -0.1) is 0 Å². The normalized spacial score (nSPS) is 16.3. The molecule has 0 N–H and O–H groups in total. The summed E-state index contributed by atoms with van der Waals surface area (Å²) in [7, 11) is 0. The van der Waals surface area contributed by atoms with Crippen molar-refractivity contribution in [3.05, 3.63) is 72.0 Å². The number of rotatable bonds is 2. The van der Waals surface area contributed by atoms with Crippen LogP contribution in [0.15, 0.2) is 60.9 Å². The first kappa shape index (κ1) is 29.6. The first-order valence-corrected chi connectivity index (χ1v) is 10.7. The summed E-state index contributed by atoms with van der Waals surface area (Å²) < 4.78 is 10.2. The van der Waals surface area contributed by atoms with Gasteiger partial charge in [-0.25, -0.2) is 4.79 Å². The van der Waals surface area contributed by atoms with Crippen LogP contribution in [0.2, 0.25) is 0 Å². The molecule has 0 saturated carbocycles. The molecule has 30 heavy (non-hydrogen) atoms. The number of esters is 2. The maximum Gasteiger partial charge on any atom is 0.339 e. The summed E-state index contributed by atoms with van der Waals surface area (Å²) in [5.74, 6) is 0.0721. The van der Waals surface area contributed by atoms with E-state index >= 15 is 0 Å². The summed E-state index contributed by atoms with van der Waals surface area (Å²) in [6.07, 6.45) is 3.17. The van der Waals surface area contributed by atoms with Gasteiger partial charge in [0, 0.05) is 11.1 Å². The molecule has 0 aromatic heterocycles. The second-order valence-corrected chi connectivity index (χ2v) is 6.65. The van der Waals surface area contributed by atoms with Gasteiger partial charge in [0.25, 0.3) is 0 Å². The van der Waals surface area contributed by atoms with E-state index in [1.165, 1.54) is 6.08 Å². The van der Waals surface area contributed by atoms with Crippen LogP contribution in [-0.4, -0.2) is 11.9 Å². The van der Waals surface area contributed by atoms with Crippen LogP contribution in [0.25, 0.3) is 0 Å². The Morgan fingerprint density at radius 1 is 0.833 bits per heavy atom. The molecule has 3 rings (SSSR count). The van der Waals surface area contributed by atoms with Crippen LogP contribution in [0.4, 0.5) is 0 Å². The zero-order valence-corrected chi connectivity index (χ0v) is 20.5. The van der Waals surface area contributed by atoms with Gasteiger partial charge in [-0.2, -0.15) is 0 Å². The van der Waals surface area contributed by atoms with Crippen LogP contribution >= 0.6 is 0 Å². The van der Waals surface area contributed by atoms with Gasteiger partial charge < -0.3 is 9.47 Å². The van der Waals surface area contributed by atoms with Gasteiger partial charge in [0.1, 0.15) is 11.4 Å². The summed E-state index contributed by atoms with van der Waals surface area (Å²) in [6.45, 7) is 26.6. The average molecular weight is 417 g/mol. The summed E-state index contributed by atoms with van der Waals surface area (Å²) in [5, 5.41) is 0. The standard InChI is InChI=1S/C10H10O2.C10H12O2.3C2H6/c1-10(2)8-6-4-3-5-7(8)9(11)12-10;1-5-7-8(6-2)12-9(11)10(7,3)4;3*1-2/h3-6H,1-2H3;5-6H,1-2H2,3-4H3;3*1-2H3. The van der Waals surface area contributed by atoms with Crippen LogP contribution in [-0.2, 0) is 19.9 Å². The molecule has 1 aromatic carbocycles. The Morgan fingerprint density at radius 3 is 1.73 bits per heavy atom. The number of fused-ring (bicyclic) bond motifs is 1. The van der Waals surface area contributed by atoms with Crippen molar-refractivity contribution in [2.24, 2.45) is 5.41 Å². The summed E-state index contributed by atoms with van der Waals surface area (Å²) in [5.41, 5.74) is 1.46. The maximum absolute atomic E-state index is 11.3. The fourth-order valence-corrected chi connectivity index (χ4v) is 2.74. The number of benzene rings is 1. The van der Waals surface area contributed by atoms with Crippen LogP contribution in [0, 0.1) is 5.41 Å². The lowest BCUT2D eigenvalue weighted by Crippen LogP contribution is -2.20. The van der Waals surface area contributed by atoms with Crippen LogP contribution in [0.1, 0.15) is 85.2 Å². The molecule has 0 bridgehead atoms.